The summed E-state index contributed by atoms with van der Waals surface area (Å²) >= 11 is 0. The molecule has 2 rings (SSSR count). The number of H-pyrrole nitrogens is 1. The average molecular weight is 216 g/mol. The zero-order valence-electron chi connectivity index (χ0n) is 8.95. The van der Waals surface area contributed by atoms with Crippen LogP contribution in [0.15, 0.2) is 12.3 Å². The zero-order chi connectivity index (χ0) is 11.4. The molecule has 0 spiro atoms. The molecule has 0 bridgehead atoms. The Morgan fingerprint density at radius 2 is 2.44 bits per heavy atom. The fourth-order valence-electron chi connectivity index (χ4n) is 1.34. The van der Waals surface area contributed by atoms with Crippen LogP contribution >= 0.6 is 0 Å². The van der Waals surface area contributed by atoms with Crippen LogP contribution in [0.2, 0.25) is 0 Å². The molecule has 0 atom stereocenters. The summed E-state index contributed by atoms with van der Waals surface area (Å²) in [5.41, 5.74) is 6.82. The van der Waals surface area contributed by atoms with Crippen molar-refractivity contribution in [2.45, 2.75) is 6.42 Å². The van der Waals surface area contributed by atoms with E-state index in [4.69, 9.17) is 10.5 Å². The Kier molecular flexibility index (Phi) is 3.03. The van der Waals surface area contributed by atoms with Gasteiger partial charge in [-0.25, -0.2) is 0 Å². The Balaban J connectivity index is 2.46. The summed E-state index contributed by atoms with van der Waals surface area (Å²) < 4.78 is 5.16. The topological polar surface area (TPSA) is 76.8 Å². The van der Waals surface area contributed by atoms with Gasteiger partial charge in [-0.15, -0.1) is 0 Å². The minimum absolute atomic E-state index is 0.501. The molecule has 0 radical (unpaired) electrons. The van der Waals surface area contributed by atoms with E-state index in [0.29, 0.717) is 24.5 Å². The van der Waals surface area contributed by atoms with Gasteiger partial charge in [0.05, 0.1) is 18.9 Å². The normalized spacial score (nSPS) is 9.88. The predicted molar refractivity (Wildman–Crippen MR) is 61.0 cm³/mol. The zero-order valence-corrected chi connectivity index (χ0v) is 8.95. The lowest BCUT2D eigenvalue weighted by Gasteiger charge is -2.01. The number of aromatic nitrogens is 3. The molecule has 0 saturated heterocycles. The number of methoxy groups -OCH3 is 1. The van der Waals surface area contributed by atoms with E-state index >= 15 is 0 Å². The van der Waals surface area contributed by atoms with Gasteiger partial charge >= 0.3 is 0 Å². The Bertz CT molecular complexity index is 550. The molecule has 0 aliphatic heterocycles. The molecule has 2 aromatic heterocycles. The van der Waals surface area contributed by atoms with Crippen LogP contribution in [0.3, 0.4) is 0 Å². The van der Waals surface area contributed by atoms with Gasteiger partial charge in [0.15, 0.2) is 5.65 Å². The summed E-state index contributed by atoms with van der Waals surface area (Å²) in [5.74, 6) is 6.45. The molecule has 0 unspecified atom stereocenters. The second-order valence-corrected chi connectivity index (χ2v) is 3.19. The van der Waals surface area contributed by atoms with Crippen molar-refractivity contribution >= 4 is 11.0 Å². The number of aromatic amines is 1. The lowest BCUT2D eigenvalue weighted by atomic mass is 10.2. The van der Waals surface area contributed by atoms with Crippen LogP contribution in [-0.2, 0) is 0 Å². The van der Waals surface area contributed by atoms with E-state index in [0.717, 1.165) is 10.9 Å². The standard InChI is InChI=1S/C11H12N4O/c1-16-11-8(4-2-3-5-12)6-9-7-13-15-10(9)14-11/h6-7H,3,5,12H2,1H3,(H,13,14,15). The molecular formula is C11H12N4O. The molecule has 0 fully saturated rings. The van der Waals surface area contributed by atoms with Crippen LogP contribution < -0.4 is 10.5 Å². The number of hydrogen-bond donors (Lipinski definition) is 2. The third-order valence-corrected chi connectivity index (χ3v) is 2.08. The van der Waals surface area contributed by atoms with E-state index in [9.17, 15) is 0 Å². The monoisotopic (exact) mass is 216 g/mol. The fourth-order valence-corrected chi connectivity index (χ4v) is 1.34. The van der Waals surface area contributed by atoms with Gasteiger partial charge in [0.1, 0.15) is 0 Å². The van der Waals surface area contributed by atoms with Gasteiger partial charge in [-0.2, -0.15) is 10.1 Å². The average Bonchev–Trinajstić information content (AvgIpc) is 2.75. The summed E-state index contributed by atoms with van der Waals surface area (Å²) in [6, 6.07) is 1.90. The first-order valence-corrected chi connectivity index (χ1v) is 4.92. The summed E-state index contributed by atoms with van der Waals surface area (Å²) in [6.45, 7) is 0.552. The molecule has 5 heteroatoms. The molecule has 0 aromatic carbocycles. The number of hydrogen-bond acceptors (Lipinski definition) is 4. The van der Waals surface area contributed by atoms with Crippen LogP contribution in [0.4, 0.5) is 0 Å². The lowest BCUT2D eigenvalue weighted by molar-refractivity contribution is 0.398. The van der Waals surface area contributed by atoms with Crippen molar-refractivity contribution in [3.63, 3.8) is 0 Å². The SMILES string of the molecule is COc1nc2[nH]ncc2cc1C#CCCN. The van der Waals surface area contributed by atoms with Crippen molar-refractivity contribution in [1.82, 2.24) is 15.2 Å². The molecule has 0 aliphatic carbocycles. The Labute approximate surface area is 93.0 Å². The molecule has 5 nitrogen and oxygen atoms in total. The van der Waals surface area contributed by atoms with E-state index in [2.05, 4.69) is 27.0 Å². The third-order valence-electron chi connectivity index (χ3n) is 2.08. The number of nitrogens with two attached hydrogens (primary N) is 1. The van der Waals surface area contributed by atoms with Crippen LogP contribution in [0.25, 0.3) is 11.0 Å². The Morgan fingerprint density at radius 1 is 1.56 bits per heavy atom. The molecule has 0 aliphatic rings. The first kappa shape index (κ1) is 10.5. The van der Waals surface area contributed by atoms with Crippen LogP contribution in [0, 0.1) is 11.8 Å². The smallest absolute Gasteiger partial charge is 0.231 e. The molecule has 0 amide bonds. The summed E-state index contributed by atoms with van der Waals surface area (Å²) in [6.07, 6.45) is 2.36. The summed E-state index contributed by atoms with van der Waals surface area (Å²) in [4.78, 5) is 4.26. The van der Waals surface area contributed by atoms with Crippen LogP contribution in [-0.4, -0.2) is 28.8 Å². The molecule has 82 valence electrons. The van der Waals surface area contributed by atoms with Gasteiger partial charge in [0, 0.05) is 18.4 Å². The van der Waals surface area contributed by atoms with Gasteiger partial charge in [0.25, 0.3) is 0 Å². The van der Waals surface area contributed by atoms with Gasteiger partial charge in [-0.05, 0) is 6.07 Å². The van der Waals surface area contributed by atoms with Crippen molar-refractivity contribution in [1.29, 1.82) is 0 Å². The van der Waals surface area contributed by atoms with Crippen molar-refractivity contribution in [3.8, 4) is 17.7 Å². The number of nitrogens with zero attached hydrogens (tertiary/aromatic N) is 2. The highest BCUT2D eigenvalue weighted by Gasteiger charge is 2.06. The highest BCUT2D eigenvalue weighted by molar-refractivity contribution is 5.76. The van der Waals surface area contributed by atoms with Gasteiger partial charge in [-0.1, -0.05) is 11.8 Å². The maximum Gasteiger partial charge on any atom is 0.231 e. The molecular weight excluding hydrogens is 204 g/mol. The van der Waals surface area contributed by atoms with Gasteiger partial charge in [-0.3, -0.25) is 5.10 Å². The number of nitrogens with one attached hydrogen (secondary N) is 1. The number of pyridine rings is 1. The molecule has 2 heterocycles. The number of fused-ring (bicyclic) bond motifs is 1. The quantitative estimate of drug-likeness (QED) is 0.723. The number of rotatable bonds is 2. The first-order valence-electron chi connectivity index (χ1n) is 4.92. The lowest BCUT2D eigenvalue weighted by Crippen LogP contribution is -1.96. The van der Waals surface area contributed by atoms with Gasteiger partial charge < -0.3 is 10.5 Å². The minimum atomic E-state index is 0.501. The van der Waals surface area contributed by atoms with E-state index in [1.807, 2.05) is 6.07 Å². The van der Waals surface area contributed by atoms with Gasteiger partial charge in [0.2, 0.25) is 5.88 Å². The summed E-state index contributed by atoms with van der Waals surface area (Å²) in [5, 5.41) is 7.60. The molecule has 0 saturated carbocycles. The van der Waals surface area contributed by atoms with E-state index in [1.165, 1.54) is 0 Å². The van der Waals surface area contributed by atoms with Crippen LogP contribution in [0.1, 0.15) is 12.0 Å². The van der Waals surface area contributed by atoms with Crippen LogP contribution in [0.5, 0.6) is 5.88 Å². The van der Waals surface area contributed by atoms with Crippen molar-refractivity contribution in [3.05, 3.63) is 17.8 Å². The highest BCUT2D eigenvalue weighted by atomic mass is 16.5. The predicted octanol–water partition coefficient (Wildman–Crippen LogP) is 0.667. The third kappa shape index (κ3) is 1.97. The number of ether oxygens (including phenoxy) is 1. The summed E-state index contributed by atoms with van der Waals surface area (Å²) in [7, 11) is 1.57. The highest BCUT2D eigenvalue weighted by Crippen LogP contribution is 2.19. The van der Waals surface area contributed by atoms with E-state index < -0.39 is 0 Å². The van der Waals surface area contributed by atoms with Crippen molar-refractivity contribution in [2.24, 2.45) is 5.73 Å². The van der Waals surface area contributed by atoms with E-state index in [-0.39, 0.29) is 0 Å². The Hall–Kier alpha value is -2.06. The second kappa shape index (κ2) is 4.64. The van der Waals surface area contributed by atoms with E-state index in [1.54, 1.807) is 13.3 Å². The van der Waals surface area contributed by atoms with Crippen molar-refractivity contribution in [2.75, 3.05) is 13.7 Å². The minimum Gasteiger partial charge on any atom is -0.480 e. The molecule has 3 N–H and O–H groups in total. The first-order chi connectivity index (χ1) is 7.85. The maximum atomic E-state index is 5.37. The fraction of sp³-hybridized carbons (Fsp3) is 0.273. The van der Waals surface area contributed by atoms with Crippen molar-refractivity contribution < 1.29 is 4.74 Å². The largest absolute Gasteiger partial charge is 0.480 e. The molecule has 16 heavy (non-hydrogen) atoms. The maximum absolute atomic E-state index is 5.37. The second-order valence-electron chi connectivity index (χ2n) is 3.19. The Morgan fingerprint density at radius 3 is 3.19 bits per heavy atom. The molecule has 2 aromatic rings.